The first kappa shape index (κ1) is 24.3. The number of fused-ring (bicyclic) bond motifs is 1. The summed E-state index contributed by atoms with van der Waals surface area (Å²) in [4.78, 5) is 21.7. The van der Waals surface area contributed by atoms with E-state index in [2.05, 4.69) is 47.4 Å². The quantitative estimate of drug-likeness (QED) is 0.359. The molecule has 2 aromatic heterocycles. The average Bonchev–Trinajstić information content (AvgIpc) is 3.36. The lowest BCUT2D eigenvalue weighted by Crippen LogP contribution is -2.47. The maximum Gasteiger partial charge on any atom is 0.274 e. The van der Waals surface area contributed by atoms with Gasteiger partial charge in [-0.25, -0.2) is 4.98 Å². The molecule has 0 unspecified atom stereocenters. The van der Waals surface area contributed by atoms with Gasteiger partial charge in [0.05, 0.1) is 5.52 Å². The number of aromatic nitrogens is 2. The number of rotatable bonds is 5. The minimum Gasteiger partial charge on any atom is -0.351 e. The molecule has 2 saturated carbocycles. The van der Waals surface area contributed by atoms with Crippen molar-refractivity contribution < 1.29 is 0 Å². The molecular formula is C29H35ClN4OS. The highest BCUT2D eigenvalue weighted by molar-refractivity contribution is 8.00. The molecule has 0 radical (unpaired) electrons. The molecule has 5 nitrogen and oxygen atoms in total. The van der Waals surface area contributed by atoms with Crippen molar-refractivity contribution in [2.75, 3.05) is 25.5 Å². The van der Waals surface area contributed by atoms with Crippen LogP contribution in [0.1, 0.15) is 63.0 Å². The fraction of sp³-hybridized carbons (Fsp3) is 0.517. The SMILES string of the molecule is Cc1cc(SC2CC3(CCN(C)CC3)C2)ccc1Nc1cc2cnc(Cl)cc2n(C2CCCC2)c1=O. The summed E-state index contributed by atoms with van der Waals surface area (Å²) in [6.45, 7) is 4.62. The number of piperidine rings is 1. The van der Waals surface area contributed by atoms with Crippen LogP contribution in [0.5, 0.6) is 0 Å². The lowest BCUT2D eigenvalue weighted by atomic mass is 9.63. The first-order chi connectivity index (χ1) is 17.4. The Morgan fingerprint density at radius 3 is 2.56 bits per heavy atom. The smallest absolute Gasteiger partial charge is 0.274 e. The van der Waals surface area contributed by atoms with E-state index in [1.54, 1.807) is 6.20 Å². The van der Waals surface area contributed by atoms with Crippen molar-refractivity contribution in [1.82, 2.24) is 14.5 Å². The van der Waals surface area contributed by atoms with E-state index in [9.17, 15) is 4.79 Å². The Morgan fingerprint density at radius 2 is 1.83 bits per heavy atom. The predicted molar refractivity (Wildman–Crippen MR) is 151 cm³/mol. The molecule has 3 fully saturated rings. The fourth-order valence-electron chi connectivity index (χ4n) is 6.50. The number of nitrogens with zero attached hydrogens (tertiary/aromatic N) is 3. The Kier molecular flexibility index (Phi) is 6.55. The summed E-state index contributed by atoms with van der Waals surface area (Å²) in [5.74, 6) is 0. The summed E-state index contributed by atoms with van der Waals surface area (Å²) in [7, 11) is 2.24. The Bertz CT molecular complexity index is 1330. The van der Waals surface area contributed by atoms with Crippen LogP contribution in [0.3, 0.4) is 0 Å². The molecular weight excluding hydrogens is 488 g/mol. The highest BCUT2D eigenvalue weighted by Gasteiger charge is 2.45. The van der Waals surface area contributed by atoms with E-state index in [0.717, 1.165) is 53.1 Å². The van der Waals surface area contributed by atoms with Gasteiger partial charge in [-0.3, -0.25) is 4.79 Å². The van der Waals surface area contributed by atoms with E-state index in [1.807, 2.05) is 28.5 Å². The maximum absolute atomic E-state index is 13.7. The van der Waals surface area contributed by atoms with Crippen LogP contribution in [0.15, 0.2) is 46.2 Å². The molecule has 3 heterocycles. The van der Waals surface area contributed by atoms with Gasteiger partial charge in [0.1, 0.15) is 10.8 Å². The van der Waals surface area contributed by atoms with Crippen LogP contribution in [0.4, 0.5) is 11.4 Å². The number of benzene rings is 1. The monoisotopic (exact) mass is 522 g/mol. The molecule has 7 heteroatoms. The van der Waals surface area contributed by atoms with Crippen LogP contribution in [0.25, 0.3) is 10.9 Å². The van der Waals surface area contributed by atoms with Crippen LogP contribution < -0.4 is 10.9 Å². The maximum atomic E-state index is 13.7. The molecule has 36 heavy (non-hydrogen) atoms. The second kappa shape index (κ2) is 9.70. The minimum atomic E-state index is 0.0208. The number of anilines is 2. The second-order valence-corrected chi connectivity index (χ2v) is 13.1. The van der Waals surface area contributed by atoms with Gasteiger partial charge in [0.2, 0.25) is 0 Å². The summed E-state index contributed by atoms with van der Waals surface area (Å²) < 4.78 is 1.95. The van der Waals surface area contributed by atoms with Crippen molar-refractivity contribution in [2.45, 2.75) is 74.5 Å². The van der Waals surface area contributed by atoms with Gasteiger partial charge >= 0.3 is 0 Å². The number of hydrogen-bond donors (Lipinski definition) is 1. The van der Waals surface area contributed by atoms with Crippen molar-refractivity contribution >= 4 is 45.6 Å². The molecule has 1 spiro atoms. The number of thioether (sulfide) groups is 1. The minimum absolute atomic E-state index is 0.0208. The van der Waals surface area contributed by atoms with E-state index in [4.69, 9.17) is 11.6 Å². The molecule has 3 aromatic rings. The van der Waals surface area contributed by atoms with Crippen LogP contribution in [0, 0.1) is 12.3 Å². The summed E-state index contributed by atoms with van der Waals surface area (Å²) in [6, 6.07) is 10.6. The molecule has 190 valence electrons. The number of aryl methyl sites for hydroxylation is 1. The summed E-state index contributed by atoms with van der Waals surface area (Å²) in [5, 5.41) is 5.55. The molecule has 1 saturated heterocycles. The third-order valence-electron chi connectivity index (χ3n) is 8.72. The Morgan fingerprint density at radius 1 is 1.08 bits per heavy atom. The molecule has 0 amide bonds. The van der Waals surface area contributed by atoms with E-state index in [1.165, 1.54) is 43.7 Å². The van der Waals surface area contributed by atoms with Gasteiger partial charge in [-0.2, -0.15) is 0 Å². The average molecular weight is 523 g/mol. The van der Waals surface area contributed by atoms with Gasteiger partial charge in [-0.15, -0.1) is 11.8 Å². The van der Waals surface area contributed by atoms with Gasteiger partial charge in [0, 0.05) is 33.5 Å². The number of pyridine rings is 2. The van der Waals surface area contributed by atoms with Gasteiger partial charge in [-0.1, -0.05) is 24.4 Å². The number of hydrogen-bond acceptors (Lipinski definition) is 5. The molecule has 1 aromatic carbocycles. The Labute approximate surface area is 222 Å². The van der Waals surface area contributed by atoms with Crippen molar-refractivity contribution in [3.05, 3.63) is 57.6 Å². The first-order valence-corrected chi connectivity index (χ1v) is 14.6. The van der Waals surface area contributed by atoms with E-state index in [0.29, 0.717) is 16.3 Å². The van der Waals surface area contributed by atoms with E-state index < -0.39 is 0 Å². The summed E-state index contributed by atoms with van der Waals surface area (Å²) >= 11 is 8.23. The van der Waals surface area contributed by atoms with E-state index >= 15 is 0 Å². The lowest BCUT2D eigenvalue weighted by molar-refractivity contribution is 0.0491. The lowest BCUT2D eigenvalue weighted by Gasteiger charge is -2.51. The highest BCUT2D eigenvalue weighted by Crippen LogP contribution is 2.54. The Hall–Kier alpha value is -2.02. The summed E-state index contributed by atoms with van der Waals surface area (Å²) in [5.41, 5.74) is 4.25. The molecule has 0 bridgehead atoms. The number of nitrogens with one attached hydrogen (secondary N) is 1. The van der Waals surface area contributed by atoms with E-state index in [-0.39, 0.29) is 11.6 Å². The standard InChI is InChI=1S/C29H35ClN4OS/c1-19-13-22(36-23-16-29(17-23)9-11-33(2)12-10-29)7-8-24(19)32-25-14-20-18-31-27(30)15-26(20)34(28(25)35)21-5-3-4-6-21/h7-8,13-15,18,21,23,32H,3-6,9-12,16-17H2,1-2H3. The van der Waals surface area contributed by atoms with Gasteiger partial charge in [-0.05, 0) is 107 Å². The second-order valence-electron chi connectivity index (χ2n) is 11.3. The van der Waals surface area contributed by atoms with Crippen LogP contribution in [0.2, 0.25) is 5.15 Å². The van der Waals surface area contributed by atoms with Gasteiger partial charge < -0.3 is 14.8 Å². The molecule has 0 atom stereocenters. The molecule has 2 aliphatic carbocycles. The molecule has 3 aliphatic rings. The molecule has 1 N–H and O–H groups in total. The zero-order valence-electron chi connectivity index (χ0n) is 21.2. The summed E-state index contributed by atoms with van der Waals surface area (Å²) in [6.07, 6.45) is 11.6. The zero-order valence-corrected chi connectivity index (χ0v) is 22.8. The van der Waals surface area contributed by atoms with Crippen LogP contribution in [-0.4, -0.2) is 39.8 Å². The van der Waals surface area contributed by atoms with Crippen molar-refractivity contribution in [2.24, 2.45) is 5.41 Å². The fourth-order valence-corrected chi connectivity index (χ4v) is 8.30. The van der Waals surface area contributed by atoms with Crippen molar-refractivity contribution in [3.8, 4) is 0 Å². The third-order valence-corrected chi connectivity index (χ3v) is 10.1. The van der Waals surface area contributed by atoms with Crippen molar-refractivity contribution in [3.63, 3.8) is 0 Å². The normalized spacial score (nSPS) is 20.8. The Balaban J connectivity index is 1.21. The topological polar surface area (TPSA) is 50.2 Å². The predicted octanol–water partition coefficient (Wildman–Crippen LogP) is 7.18. The highest BCUT2D eigenvalue weighted by atomic mass is 35.5. The van der Waals surface area contributed by atoms with Crippen LogP contribution in [-0.2, 0) is 0 Å². The molecule has 1 aliphatic heterocycles. The van der Waals surface area contributed by atoms with Crippen LogP contribution >= 0.6 is 23.4 Å². The molecule has 6 rings (SSSR count). The first-order valence-electron chi connectivity index (χ1n) is 13.3. The van der Waals surface area contributed by atoms with Gasteiger partial charge in [0.15, 0.2) is 0 Å². The van der Waals surface area contributed by atoms with Gasteiger partial charge in [0.25, 0.3) is 5.56 Å². The van der Waals surface area contributed by atoms with Crippen molar-refractivity contribution in [1.29, 1.82) is 0 Å². The number of halogens is 1. The largest absolute Gasteiger partial charge is 0.351 e. The number of likely N-dealkylation sites (tertiary alicyclic amines) is 1. The zero-order chi connectivity index (χ0) is 24.9. The third kappa shape index (κ3) is 4.68.